The molecule has 29 heavy (non-hydrogen) atoms. The highest BCUT2D eigenvalue weighted by Crippen LogP contribution is 2.41. The van der Waals surface area contributed by atoms with E-state index >= 15 is 0 Å². The summed E-state index contributed by atoms with van der Waals surface area (Å²) in [6.45, 7) is 6.21. The Bertz CT molecular complexity index is 1160. The van der Waals surface area contributed by atoms with E-state index in [-0.39, 0.29) is 9.79 Å². The number of sulfone groups is 1. The lowest BCUT2D eigenvalue weighted by Gasteiger charge is -2.26. The fraction of sp³-hybridized carbons (Fsp3) is 0.286. The number of fused-ring (bicyclic) bond motifs is 2. The fourth-order valence-corrected chi connectivity index (χ4v) is 5.06. The first kappa shape index (κ1) is 19.8. The van der Waals surface area contributed by atoms with Crippen LogP contribution in [-0.2, 0) is 9.84 Å². The molecule has 1 aromatic heterocycles. The van der Waals surface area contributed by atoms with Gasteiger partial charge in [-0.25, -0.2) is 8.42 Å². The van der Waals surface area contributed by atoms with Crippen molar-refractivity contribution in [2.45, 2.75) is 23.6 Å². The van der Waals surface area contributed by atoms with Gasteiger partial charge in [0.05, 0.1) is 16.1 Å². The van der Waals surface area contributed by atoms with Gasteiger partial charge in [-0.05, 0) is 44.2 Å². The molecule has 0 spiro atoms. The van der Waals surface area contributed by atoms with Crippen molar-refractivity contribution in [3.8, 4) is 11.5 Å². The lowest BCUT2D eigenvalue weighted by atomic mass is 10.1. The second kappa shape index (κ2) is 7.72. The van der Waals surface area contributed by atoms with E-state index in [1.54, 1.807) is 18.2 Å². The van der Waals surface area contributed by atoms with Gasteiger partial charge in [0.15, 0.2) is 11.5 Å². The molecule has 152 valence electrons. The molecular formula is C21H21ClN2O4S. The molecule has 0 bridgehead atoms. The van der Waals surface area contributed by atoms with Crippen LogP contribution in [0.4, 0.5) is 5.69 Å². The molecule has 0 N–H and O–H groups in total. The average Bonchev–Trinajstić information content (AvgIpc) is 2.73. The summed E-state index contributed by atoms with van der Waals surface area (Å²) >= 11 is 5.94. The van der Waals surface area contributed by atoms with Crippen LogP contribution in [0, 0.1) is 0 Å². The topological polar surface area (TPSA) is 68.7 Å². The number of nitrogens with zero attached hydrogens (tertiary/aromatic N) is 2. The summed E-state index contributed by atoms with van der Waals surface area (Å²) in [5.41, 5.74) is 1.28. The number of hydrogen-bond donors (Lipinski definition) is 0. The van der Waals surface area contributed by atoms with Crippen molar-refractivity contribution in [1.29, 1.82) is 0 Å². The lowest BCUT2D eigenvalue weighted by molar-refractivity contribution is 0.172. The largest absolute Gasteiger partial charge is 0.486 e. The Labute approximate surface area is 174 Å². The quantitative estimate of drug-likeness (QED) is 0.597. The van der Waals surface area contributed by atoms with Crippen LogP contribution in [0.25, 0.3) is 10.9 Å². The molecule has 8 heteroatoms. The summed E-state index contributed by atoms with van der Waals surface area (Å²) in [6, 6.07) is 9.79. The van der Waals surface area contributed by atoms with E-state index in [2.05, 4.69) is 4.98 Å². The molecule has 6 nitrogen and oxygen atoms in total. The zero-order chi connectivity index (χ0) is 20.6. The molecule has 0 saturated heterocycles. The van der Waals surface area contributed by atoms with Gasteiger partial charge in [-0.3, -0.25) is 4.98 Å². The first-order valence-electron chi connectivity index (χ1n) is 9.43. The van der Waals surface area contributed by atoms with Crippen molar-refractivity contribution in [2.24, 2.45) is 0 Å². The van der Waals surface area contributed by atoms with Gasteiger partial charge < -0.3 is 14.4 Å². The second-order valence-electron chi connectivity index (χ2n) is 6.61. The SMILES string of the molecule is CCN(CC)c1c(S(=O)(=O)c2ccc(Cl)cc2)cnc2cc3c(cc12)OCCO3. The molecule has 0 unspecified atom stereocenters. The van der Waals surface area contributed by atoms with E-state index in [1.807, 2.05) is 24.8 Å². The third-order valence-electron chi connectivity index (χ3n) is 4.96. The zero-order valence-corrected chi connectivity index (χ0v) is 17.8. The molecule has 0 amide bonds. The molecule has 4 rings (SSSR count). The van der Waals surface area contributed by atoms with Crippen molar-refractivity contribution in [2.75, 3.05) is 31.2 Å². The number of pyridine rings is 1. The molecule has 1 aliphatic rings. The summed E-state index contributed by atoms with van der Waals surface area (Å²) in [7, 11) is -3.80. The molecule has 2 aromatic carbocycles. The molecule has 0 saturated carbocycles. The molecular weight excluding hydrogens is 412 g/mol. The first-order valence-corrected chi connectivity index (χ1v) is 11.3. The molecule has 3 aromatic rings. The third-order valence-corrected chi connectivity index (χ3v) is 6.99. The maximum absolute atomic E-state index is 13.5. The molecule has 0 radical (unpaired) electrons. The van der Waals surface area contributed by atoms with Crippen LogP contribution >= 0.6 is 11.6 Å². The van der Waals surface area contributed by atoms with Gasteiger partial charge in [-0.1, -0.05) is 11.6 Å². The highest BCUT2D eigenvalue weighted by atomic mass is 35.5. The Morgan fingerprint density at radius 3 is 2.28 bits per heavy atom. The minimum absolute atomic E-state index is 0.160. The summed E-state index contributed by atoms with van der Waals surface area (Å²) in [4.78, 5) is 6.79. The lowest BCUT2D eigenvalue weighted by Crippen LogP contribution is -2.25. The van der Waals surface area contributed by atoms with E-state index in [0.29, 0.717) is 59.4 Å². The van der Waals surface area contributed by atoms with Gasteiger partial charge in [-0.15, -0.1) is 0 Å². The van der Waals surface area contributed by atoms with E-state index in [0.717, 1.165) is 0 Å². The summed E-state index contributed by atoms with van der Waals surface area (Å²) < 4.78 is 38.3. The van der Waals surface area contributed by atoms with Crippen LogP contribution in [0.3, 0.4) is 0 Å². The number of halogens is 1. The van der Waals surface area contributed by atoms with Gasteiger partial charge in [0.1, 0.15) is 18.1 Å². The highest BCUT2D eigenvalue weighted by molar-refractivity contribution is 7.91. The van der Waals surface area contributed by atoms with Crippen LogP contribution in [0.2, 0.25) is 5.02 Å². The number of benzene rings is 2. The number of hydrogen-bond acceptors (Lipinski definition) is 6. The number of anilines is 1. The average molecular weight is 433 g/mol. The number of rotatable bonds is 5. The molecule has 1 aliphatic heterocycles. The van der Waals surface area contributed by atoms with Crippen LogP contribution < -0.4 is 14.4 Å². The number of ether oxygens (including phenoxy) is 2. The van der Waals surface area contributed by atoms with Crippen molar-refractivity contribution in [3.63, 3.8) is 0 Å². The first-order chi connectivity index (χ1) is 14.0. The smallest absolute Gasteiger partial charge is 0.210 e. The van der Waals surface area contributed by atoms with Gasteiger partial charge in [0.2, 0.25) is 9.84 Å². The van der Waals surface area contributed by atoms with Crippen molar-refractivity contribution < 1.29 is 17.9 Å². The predicted molar refractivity (Wildman–Crippen MR) is 113 cm³/mol. The van der Waals surface area contributed by atoms with E-state index < -0.39 is 9.84 Å². The molecule has 0 aliphatic carbocycles. The number of aromatic nitrogens is 1. The Morgan fingerprint density at radius 1 is 1.03 bits per heavy atom. The normalized spacial score (nSPS) is 13.5. The van der Waals surface area contributed by atoms with Gasteiger partial charge in [-0.2, -0.15) is 0 Å². The standard InChI is InChI=1S/C21H21ClN2O4S/c1-3-24(4-2)21-16-11-18-19(28-10-9-27-18)12-17(16)23-13-20(21)29(25,26)15-7-5-14(22)6-8-15/h5-8,11-13H,3-4,9-10H2,1-2H3. The van der Waals surface area contributed by atoms with Crippen molar-refractivity contribution >= 4 is 38.0 Å². The van der Waals surface area contributed by atoms with Gasteiger partial charge >= 0.3 is 0 Å². The maximum Gasteiger partial charge on any atom is 0.210 e. The minimum atomic E-state index is -3.80. The van der Waals surface area contributed by atoms with E-state index in [9.17, 15) is 8.42 Å². The monoisotopic (exact) mass is 432 g/mol. The Morgan fingerprint density at radius 2 is 1.66 bits per heavy atom. The Hall–Kier alpha value is -2.51. The van der Waals surface area contributed by atoms with Gasteiger partial charge in [0.25, 0.3) is 0 Å². The van der Waals surface area contributed by atoms with E-state index in [4.69, 9.17) is 21.1 Å². The second-order valence-corrected chi connectivity index (χ2v) is 8.97. The highest BCUT2D eigenvalue weighted by Gasteiger charge is 2.27. The molecule has 0 fully saturated rings. The van der Waals surface area contributed by atoms with Crippen LogP contribution in [0.5, 0.6) is 11.5 Å². The Balaban J connectivity index is 2.00. The summed E-state index contributed by atoms with van der Waals surface area (Å²) in [5.74, 6) is 1.22. The molecule has 2 heterocycles. The minimum Gasteiger partial charge on any atom is -0.486 e. The van der Waals surface area contributed by atoms with Crippen molar-refractivity contribution in [1.82, 2.24) is 4.98 Å². The zero-order valence-electron chi connectivity index (χ0n) is 16.2. The third kappa shape index (κ3) is 3.49. The fourth-order valence-electron chi connectivity index (χ4n) is 3.50. The van der Waals surface area contributed by atoms with E-state index in [1.165, 1.54) is 18.3 Å². The van der Waals surface area contributed by atoms with Crippen LogP contribution in [-0.4, -0.2) is 39.7 Å². The van der Waals surface area contributed by atoms with Crippen LogP contribution in [0.15, 0.2) is 52.4 Å². The van der Waals surface area contributed by atoms with Crippen LogP contribution in [0.1, 0.15) is 13.8 Å². The summed E-state index contributed by atoms with van der Waals surface area (Å²) in [6.07, 6.45) is 1.43. The summed E-state index contributed by atoms with van der Waals surface area (Å²) in [5, 5.41) is 1.20. The van der Waals surface area contributed by atoms with Gasteiger partial charge in [0, 0.05) is 35.8 Å². The predicted octanol–water partition coefficient (Wildman–Crippen LogP) is 4.34. The Kier molecular flexibility index (Phi) is 5.27. The van der Waals surface area contributed by atoms with Crippen molar-refractivity contribution in [3.05, 3.63) is 47.6 Å². The maximum atomic E-state index is 13.5. The molecule has 0 atom stereocenters.